The predicted octanol–water partition coefficient (Wildman–Crippen LogP) is 2.73. The van der Waals surface area contributed by atoms with Crippen molar-refractivity contribution in [3.8, 4) is 0 Å². The van der Waals surface area contributed by atoms with Gasteiger partial charge in [-0.2, -0.15) is 11.8 Å². The molecule has 0 atom stereocenters. The lowest BCUT2D eigenvalue weighted by atomic mass is 10.0. The van der Waals surface area contributed by atoms with Gasteiger partial charge in [0, 0.05) is 17.2 Å². The first-order valence-corrected chi connectivity index (χ1v) is 6.56. The predicted molar refractivity (Wildman–Crippen MR) is 64.7 cm³/mol. The molecule has 1 aliphatic rings. The first-order chi connectivity index (χ1) is 7.58. The number of thioether (sulfide) groups is 1. The number of nitrogens with zero attached hydrogens (tertiary/aromatic N) is 1. The largest absolute Gasteiger partial charge is 0.478 e. The molecule has 0 saturated heterocycles. The fourth-order valence-electron chi connectivity index (χ4n) is 1.93. The summed E-state index contributed by atoms with van der Waals surface area (Å²) in [4.78, 5) is 15.7. The third-order valence-corrected chi connectivity index (χ3v) is 3.57. The van der Waals surface area contributed by atoms with Gasteiger partial charge in [-0.1, -0.05) is 13.8 Å². The summed E-state index contributed by atoms with van der Waals surface area (Å²) in [5, 5.41) is 9.17. The topological polar surface area (TPSA) is 50.2 Å². The summed E-state index contributed by atoms with van der Waals surface area (Å²) in [5.41, 5.74) is 3.25. The third kappa shape index (κ3) is 2.21. The second-order valence-corrected chi connectivity index (χ2v) is 5.47. The minimum atomic E-state index is -0.828. The molecule has 0 saturated carbocycles. The van der Waals surface area contributed by atoms with E-state index in [-0.39, 0.29) is 0 Å². The fraction of sp³-hybridized carbons (Fsp3) is 0.500. The quantitative estimate of drug-likeness (QED) is 0.878. The maximum atomic E-state index is 11.2. The van der Waals surface area contributed by atoms with Crippen molar-refractivity contribution in [3.63, 3.8) is 0 Å². The molecule has 0 radical (unpaired) electrons. The first-order valence-electron chi connectivity index (χ1n) is 5.40. The Bertz CT molecular complexity index is 429. The molecule has 1 N–H and O–H groups in total. The Morgan fingerprint density at radius 3 is 2.94 bits per heavy atom. The van der Waals surface area contributed by atoms with E-state index in [0.717, 1.165) is 34.9 Å². The summed E-state index contributed by atoms with van der Waals surface area (Å²) in [7, 11) is 0. The third-order valence-electron chi connectivity index (χ3n) is 2.60. The normalized spacial score (nSPS) is 14.2. The molecular weight excluding hydrogens is 222 g/mol. The van der Waals surface area contributed by atoms with Gasteiger partial charge in [0.2, 0.25) is 0 Å². The number of fused-ring (bicyclic) bond motifs is 1. The molecule has 4 heteroatoms. The Hall–Kier alpha value is -1.03. The van der Waals surface area contributed by atoms with E-state index < -0.39 is 5.97 Å². The minimum Gasteiger partial charge on any atom is -0.478 e. The van der Waals surface area contributed by atoms with Gasteiger partial charge < -0.3 is 5.11 Å². The molecule has 3 nitrogen and oxygen atoms in total. The number of hydrogen-bond donors (Lipinski definition) is 1. The molecule has 86 valence electrons. The van der Waals surface area contributed by atoms with Crippen LogP contribution < -0.4 is 0 Å². The van der Waals surface area contributed by atoms with E-state index in [1.54, 1.807) is 17.8 Å². The Balaban J connectivity index is 2.43. The second kappa shape index (κ2) is 4.45. The molecule has 0 fully saturated rings. The van der Waals surface area contributed by atoms with Crippen LogP contribution in [0.25, 0.3) is 0 Å². The zero-order valence-electron chi connectivity index (χ0n) is 9.49. The molecule has 0 spiro atoms. The lowest BCUT2D eigenvalue weighted by molar-refractivity contribution is 0.0695. The maximum Gasteiger partial charge on any atom is 0.336 e. The molecule has 2 rings (SSSR count). The smallest absolute Gasteiger partial charge is 0.336 e. The van der Waals surface area contributed by atoms with Gasteiger partial charge in [-0.15, -0.1) is 0 Å². The maximum absolute atomic E-state index is 11.2. The minimum absolute atomic E-state index is 0.450. The van der Waals surface area contributed by atoms with E-state index in [1.807, 2.05) is 0 Å². The van der Waals surface area contributed by atoms with Crippen LogP contribution in [0, 0.1) is 5.92 Å². The van der Waals surface area contributed by atoms with Crippen LogP contribution in [0.1, 0.15) is 41.2 Å². The van der Waals surface area contributed by atoms with Crippen molar-refractivity contribution < 1.29 is 9.90 Å². The van der Waals surface area contributed by atoms with Gasteiger partial charge in [0.05, 0.1) is 11.3 Å². The van der Waals surface area contributed by atoms with Crippen molar-refractivity contribution in [3.05, 3.63) is 28.6 Å². The van der Waals surface area contributed by atoms with Crippen LogP contribution in [0.4, 0.5) is 0 Å². The van der Waals surface area contributed by atoms with Crippen molar-refractivity contribution in [2.75, 3.05) is 0 Å². The van der Waals surface area contributed by atoms with Crippen molar-refractivity contribution in [1.29, 1.82) is 0 Å². The highest BCUT2D eigenvalue weighted by Crippen LogP contribution is 2.31. The Kier molecular flexibility index (Phi) is 3.19. The number of pyridine rings is 1. The van der Waals surface area contributed by atoms with Gasteiger partial charge in [0.1, 0.15) is 0 Å². The summed E-state index contributed by atoms with van der Waals surface area (Å²) >= 11 is 1.74. The average Bonchev–Trinajstić information content (AvgIpc) is 2.62. The lowest BCUT2D eigenvalue weighted by Gasteiger charge is -2.09. The summed E-state index contributed by atoms with van der Waals surface area (Å²) in [6, 6.07) is 1.74. The van der Waals surface area contributed by atoms with E-state index >= 15 is 0 Å². The van der Waals surface area contributed by atoms with Gasteiger partial charge in [0.25, 0.3) is 0 Å². The standard InChI is InChI=1S/C12H15NO2S/c1-7(2)3-8-4-9(12(14)15)10-5-16-6-11(10)13-8/h4,7H,3,5-6H2,1-2H3,(H,14,15). The molecule has 2 heterocycles. The van der Waals surface area contributed by atoms with Crippen molar-refractivity contribution in [1.82, 2.24) is 4.98 Å². The number of carboxylic acids is 1. The number of rotatable bonds is 3. The highest BCUT2D eigenvalue weighted by atomic mass is 32.2. The number of aromatic nitrogens is 1. The zero-order valence-corrected chi connectivity index (χ0v) is 10.3. The first kappa shape index (κ1) is 11.5. The van der Waals surface area contributed by atoms with Crippen LogP contribution in [0.3, 0.4) is 0 Å². The number of carbonyl (C=O) groups is 1. The van der Waals surface area contributed by atoms with E-state index in [4.69, 9.17) is 0 Å². The molecule has 0 amide bonds. The Morgan fingerprint density at radius 1 is 1.56 bits per heavy atom. The molecular formula is C12H15NO2S. The van der Waals surface area contributed by atoms with E-state index in [1.165, 1.54) is 0 Å². The Morgan fingerprint density at radius 2 is 2.31 bits per heavy atom. The molecule has 0 aromatic carbocycles. The highest BCUT2D eigenvalue weighted by molar-refractivity contribution is 7.98. The molecule has 1 aromatic heterocycles. The lowest BCUT2D eigenvalue weighted by Crippen LogP contribution is -2.08. The van der Waals surface area contributed by atoms with E-state index in [2.05, 4.69) is 18.8 Å². The van der Waals surface area contributed by atoms with Crippen LogP contribution >= 0.6 is 11.8 Å². The highest BCUT2D eigenvalue weighted by Gasteiger charge is 2.21. The van der Waals surface area contributed by atoms with Gasteiger partial charge >= 0.3 is 5.97 Å². The van der Waals surface area contributed by atoms with Gasteiger partial charge in [0.15, 0.2) is 0 Å². The molecule has 16 heavy (non-hydrogen) atoms. The van der Waals surface area contributed by atoms with Gasteiger partial charge in [-0.25, -0.2) is 4.79 Å². The number of aromatic carboxylic acids is 1. The molecule has 1 aliphatic heterocycles. The van der Waals surface area contributed by atoms with Crippen molar-refractivity contribution >= 4 is 17.7 Å². The van der Waals surface area contributed by atoms with E-state index in [9.17, 15) is 9.90 Å². The van der Waals surface area contributed by atoms with Crippen LogP contribution in [0.2, 0.25) is 0 Å². The van der Waals surface area contributed by atoms with Gasteiger partial charge in [-0.05, 0) is 24.0 Å². The Labute approximate surface area is 99.3 Å². The zero-order chi connectivity index (χ0) is 11.7. The summed E-state index contributed by atoms with van der Waals surface area (Å²) < 4.78 is 0. The van der Waals surface area contributed by atoms with E-state index in [0.29, 0.717) is 11.5 Å². The summed E-state index contributed by atoms with van der Waals surface area (Å²) in [6.45, 7) is 4.23. The van der Waals surface area contributed by atoms with Crippen LogP contribution in [-0.4, -0.2) is 16.1 Å². The second-order valence-electron chi connectivity index (χ2n) is 4.48. The van der Waals surface area contributed by atoms with Crippen LogP contribution in [0.15, 0.2) is 6.07 Å². The van der Waals surface area contributed by atoms with Crippen LogP contribution in [0.5, 0.6) is 0 Å². The SMILES string of the molecule is CC(C)Cc1cc(C(=O)O)c2c(n1)CSC2. The molecule has 0 aliphatic carbocycles. The van der Waals surface area contributed by atoms with Gasteiger partial charge in [-0.3, -0.25) is 4.98 Å². The number of hydrogen-bond acceptors (Lipinski definition) is 3. The number of carboxylic acid groups (broad SMARTS) is 1. The fourth-order valence-corrected chi connectivity index (χ4v) is 2.99. The summed E-state index contributed by atoms with van der Waals surface area (Å²) in [6.07, 6.45) is 0.845. The van der Waals surface area contributed by atoms with Crippen molar-refractivity contribution in [2.45, 2.75) is 31.8 Å². The average molecular weight is 237 g/mol. The monoisotopic (exact) mass is 237 g/mol. The molecule has 1 aromatic rings. The summed E-state index contributed by atoms with van der Waals surface area (Å²) in [5.74, 6) is 1.31. The van der Waals surface area contributed by atoms with Crippen molar-refractivity contribution in [2.24, 2.45) is 5.92 Å². The molecule has 0 unspecified atom stereocenters. The van der Waals surface area contributed by atoms with Crippen LogP contribution in [-0.2, 0) is 17.9 Å². The molecule has 0 bridgehead atoms.